The molecule has 1 aliphatic rings. The van der Waals surface area contributed by atoms with E-state index in [1.165, 1.54) is 12.1 Å². The minimum absolute atomic E-state index is 0.243. The highest BCUT2D eigenvalue weighted by Gasteiger charge is 2.26. The summed E-state index contributed by atoms with van der Waals surface area (Å²) in [6, 6.07) is 9.57. The first-order chi connectivity index (χ1) is 13.9. The molecule has 2 aromatic rings. The van der Waals surface area contributed by atoms with E-state index < -0.39 is 9.85 Å². The zero-order valence-corrected chi connectivity index (χ0v) is 16.2. The molecule has 0 amide bonds. The molecule has 0 unspecified atom stereocenters. The molecule has 0 radical (unpaired) electrons. The predicted molar refractivity (Wildman–Crippen MR) is 107 cm³/mol. The Morgan fingerprint density at radius 3 is 2.17 bits per heavy atom. The Morgan fingerprint density at radius 1 is 0.897 bits per heavy atom. The topological polar surface area (TPSA) is 111 Å². The Balaban J connectivity index is 1.68. The molecule has 10 heteroatoms. The number of rotatable bonds is 7. The van der Waals surface area contributed by atoms with Crippen LogP contribution in [0.3, 0.4) is 0 Å². The van der Waals surface area contributed by atoms with Crippen molar-refractivity contribution in [3.05, 3.63) is 62.2 Å². The molecular weight excluding hydrogens is 380 g/mol. The summed E-state index contributed by atoms with van der Waals surface area (Å²) in [7, 11) is 3.19. The van der Waals surface area contributed by atoms with Crippen LogP contribution in [0.1, 0.15) is 5.56 Å². The maximum Gasteiger partial charge on any atom is 0.299 e. The summed E-state index contributed by atoms with van der Waals surface area (Å²) in [5, 5.41) is 22.3. The zero-order valence-electron chi connectivity index (χ0n) is 16.2. The fourth-order valence-electron chi connectivity index (χ4n) is 3.42. The lowest BCUT2D eigenvalue weighted by molar-refractivity contribution is -0.393. The molecule has 0 N–H and O–H groups in total. The molecule has 3 rings (SSSR count). The number of nitro groups is 2. The van der Waals surface area contributed by atoms with Gasteiger partial charge in [-0.25, -0.2) is 0 Å². The highest BCUT2D eigenvalue weighted by Crippen LogP contribution is 2.33. The number of methoxy groups -OCH3 is 2. The Morgan fingerprint density at radius 2 is 1.59 bits per heavy atom. The number of anilines is 1. The van der Waals surface area contributed by atoms with Crippen molar-refractivity contribution in [3.8, 4) is 11.5 Å². The molecule has 2 aromatic carbocycles. The van der Waals surface area contributed by atoms with Crippen molar-refractivity contribution in [2.75, 3.05) is 45.3 Å². The molecule has 0 aliphatic carbocycles. The van der Waals surface area contributed by atoms with Gasteiger partial charge in [0.2, 0.25) is 0 Å². The average molecular weight is 402 g/mol. The van der Waals surface area contributed by atoms with Crippen molar-refractivity contribution in [2.24, 2.45) is 0 Å². The van der Waals surface area contributed by atoms with Gasteiger partial charge in [0.15, 0.2) is 11.5 Å². The molecule has 10 nitrogen and oxygen atoms in total. The van der Waals surface area contributed by atoms with Crippen molar-refractivity contribution < 1.29 is 19.3 Å². The lowest BCUT2D eigenvalue weighted by Gasteiger charge is -2.35. The van der Waals surface area contributed by atoms with E-state index >= 15 is 0 Å². The fraction of sp³-hybridized carbons (Fsp3) is 0.368. The van der Waals surface area contributed by atoms with Crippen LogP contribution in [0.4, 0.5) is 17.1 Å². The molecule has 154 valence electrons. The van der Waals surface area contributed by atoms with Crippen LogP contribution in [0.15, 0.2) is 36.4 Å². The van der Waals surface area contributed by atoms with Gasteiger partial charge in [0.05, 0.1) is 30.1 Å². The maximum atomic E-state index is 11.4. The van der Waals surface area contributed by atoms with Gasteiger partial charge in [-0.15, -0.1) is 0 Å². The third-order valence-electron chi connectivity index (χ3n) is 4.93. The summed E-state index contributed by atoms with van der Waals surface area (Å²) in [6.07, 6.45) is 0. The third-order valence-corrected chi connectivity index (χ3v) is 4.93. The minimum atomic E-state index is -0.627. The summed E-state index contributed by atoms with van der Waals surface area (Å²) in [6.45, 7) is 3.32. The number of non-ortho nitro benzene ring substituents is 1. The molecule has 0 saturated carbocycles. The molecular formula is C19H22N4O6. The second-order valence-corrected chi connectivity index (χ2v) is 6.64. The predicted octanol–water partition coefficient (Wildman–Crippen LogP) is 2.84. The largest absolute Gasteiger partial charge is 0.493 e. The van der Waals surface area contributed by atoms with Crippen molar-refractivity contribution in [3.63, 3.8) is 0 Å². The van der Waals surface area contributed by atoms with Crippen molar-refractivity contribution in [2.45, 2.75) is 6.54 Å². The van der Waals surface area contributed by atoms with Gasteiger partial charge in [-0.05, 0) is 23.8 Å². The number of benzene rings is 2. The van der Waals surface area contributed by atoms with Crippen LogP contribution in [0.5, 0.6) is 11.5 Å². The number of nitrogens with zero attached hydrogens (tertiary/aromatic N) is 4. The van der Waals surface area contributed by atoms with Gasteiger partial charge in [0.25, 0.3) is 11.4 Å². The Bertz CT molecular complexity index is 912. The average Bonchev–Trinajstić information content (AvgIpc) is 2.73. The SMILES string of the molecule is COc1ccc(CN2CCN(c3ccc([N+](=O)[O-])cc3[N+](=O)[O-])CC2)cc1OC. The summed E-state index contributed by atoms with van der Waals surface area (Å²) in [4.78, 5) is 25.2. The van der Waals surface area contributed by atoms with Gasteiger partial charge in [0, 0.05) is 38.8 Å². The van der Waals surface area contributed by atoms with E-state index in [0.717, 1.165) is 18.2 Å². The van der Waals surface area contributed by atoms with E-state index in [0.29, 0.717) is 43.4 Å². The van der Waals surface area contributed by atoms with E-state index in [1.807, 2.05) is 23.1 Å². The maximum absolute atomic E-state index is 11.4. The molecule has 0 bridgehead atoms. The summed E-state index contributed by atoms with van der Waals surface area (Å²) >= 11 is 0. The van der Waals surface area contributed by atoms with Gasteiger partial charge in [-0.1, -0.05) is 6.07 Å². The summed E-state index contributed by atoms with van der Waals surface area (Å²) in [5.41, 5.74) is 0.962. The van der Waals surface area contributed by atoms with Crippen molar-refractivity contribution >= 4 is 17.1 Å². The number of hydrogen-bond donors (Lipinski definition) is 0. The number of ether oxygens (including phenoxy) is 2. The Labute approximate surface area is 167 Å². The highest BCUT2D eigenvalue weighted by atomic mass is 16.6. The quantitative estimate of drug-likeness (QED) is 0.513. The first kappa shape index (κ1) is 20.3. The van der Waals surface area contributed by atoms with Crippen molar-refractivity contribution in [1.29, 1.82) is 0 Å². The fourth-order valence-corrected chi connectivity index (χ4v) is 3.42. The lowest BCUT2D eigenvalue weighted by Crippen LogP contribution is -2.46. The molecule has 0 spiro atoms. The van der Waals surface area contributed by atoms with Gasteiger partial charge in [-0.2, -0.15) is 0 Å². The van der Waals surface area contributed by atoms with Crippen LogP contribution >= 0.6 is 0 Å². The summed E-state index contributed by atoms with van der Waals surface area (Å²) in [5.74, 6) is 1.34. The molecule has 0 aromatic heterocycles. The van der Waals surface area contributed by atoms with Crippen LogP contribution in [0, 0.1) is 20.2 Å². The second-order valence-electron chi connectivity index (χ2n) is 6.64. The van der Waals surface area contributed by atoms with Crippen molar-refractivity contribution in [1.82, 2.24) is 4.90 Å². The van der Waals surface area contributed by atoms with E-state index in [9.17, 15) is 20.2 Å². The first-order valence-corrected chi connectivity index (χ1v) is 9.04. The van der Waals surface area contributed by atoms with Crippen LogP contribution in [-0.2, 0) is 6.54 Å². The van der Waals surface area contributed by atoms with Crippen LogP contribution in [-0.4, -0.2) is 55.1 Å². The minimum Gasteiger partial charge on any atom is -0.493 e. The third kappa shape index (κ3) is 4.54. The van der Waals surface area contributed by atoms with E-state index in [2.05, 4.69) is 4.90 Å². The zero-order chi connectivity index (χ0) is 21.0. The van der Waals surface area contributed by atoms with E-state index in [1.54, 1.807) is 14.2 Å². The summed E-state index contributed by atoms with van der Waals surface area (Å²) < 4.78 is 10.6. The molecule has 1 saturated heterocycles. The van der Waals surface area contributed by atoms with E-state index in [-0.39, 0.29) is 11.4 Å². The molecule has 1 aliphatic heterocycles. The van der Waals surface area contributed by atoms with Gasteiger partial charge >= 0.3 is 0 Å². The second kappa shape index (κ2) is 8.74. The molecule has 1 heterocycles. The standard InChI is InChI=1S/C19H22N4O6/c1-28-18-6-3-14(11-19(18)29-2)13-20-7-9-21(10-8-20)16-5-4-15(22(24)25)12-17(16)23(26)27/h3-6,11-12H,7-10,13H2,1-2H3. The van der Waals surface area contributed by atoms with Gasteiger partial charge in [-0.3, -0.25) is 25.1 Å². The molecule has 1 fully saturated rings. The Hall–Kier alpha value is -3.40. The monoisotopic (exact) mass is 402 g/mol. The van der Waals surface area contributed by atoms with Crippen LogP contribution < -0.4 is 14.4 Å². The van der Waals surface area contributed by atoms with Crippen LogP contribution in [0.2, 0.25) is 0 Å². The normalized spacial score (nSPS) is 14.5. The number of hydrogen-bond acceptors (Lipinski definition) is 8. The number of piperazine rings is 1. The lowest BCUT2D eigenvalue weighted by atomic mass is 10.1. The van der Waals surface area contributed by atoms with Crippen LogP contribution in [0.25, 0.3) is 0 Å². The van der Waals surface area contributed by atoms with Gasteiger partial charge in [0.1, 0.15) is 5.69 Å². The highest BCUT2D eigenvalue weighted by molar-refractivity contribution is 5.67. The number of nitro benzene ring substituents is 2. The molecule has 29 heavy (non-hydrogen) atoms. The molecule has 0 atom stereocenters. The van der Waals surface area contributed by atoms with E-state index in [4.69, 9.17) is 9.47 Å². The smallest absolute Gasteiger partial charge is 0.299 e. The first-order valence-electron chi connectivity index (χ1n) is 9.04. The Kier molecular flexibility index (Phi) is 6.13. The van der Waals surface area contributed by atoms with Gasteiger partial charge < -0.3 is 14.4 Å².